The number of thiazole rings is 1. The molecule has 1 N–H and O–H groups in total. The molecular weight excluding hydrogens is 482 g/mol. The molecule has 4 rings (SSSR count). The van der Waals surface area contributed by atoms with Crippen LogP contribution >= 0.6 is 46.0 Å². The highest BCUT2D eigenvalue weighted by atomic mass is 35.5. The lowest BCUT2D eigenvalue weighted by Gasteiger charge is -2.06. The minimum atomic E-state index is -0.125. The van der Waals surface area contributed by atoms with Gasteiger partial charge in [0, 0.05) is 38.3 Å². The topological polar surface area (TPSA) is 72.7 Å². The fourth-order valence-electron chi connectivity index (χ4n) is 3.14. The second kappa shape index (κ2) is 10.6. The van der Waals surface area contributed by atoms with E-state index in [-0.39, 0.29) is 11.7 Å². The monoisotopic (exact) mass is 503 g/mol. The number of thiophene rings is 1. The second-order valence-electron chi connectivity index (χ2n) is 6.98. The van der Waals surface area contributed by atoms with Crippen LogP contribution in [0.25, 0.3) is 22.6 Å². The first-order chi connectivity index (χ1) is 15.6. The number of amides is 1. The number of aryl methyl sites for hydroxylation is 1. The van der Waals surface area contributed by atoms with Gasteiger partial charge in [0.05, 0.1) is 11.4 Å². The molecule has 0 unspecified atom stereocenters. The molecule has 0 fully saturated rings. The highest BCUT2D eigenvalue weighted by Gasteiger charge is 2.16. The molecule has 1 aromatic carbocycles. The summed E-state index contributed by atoms with van der Waals surface area (Å²) in [6, 6.07) is 9.65. The van der Waals surface area contributed by atoms with Gasteiger partial charge in [0.1, 0.15) is 0 Å². The van der Waals surface area contributed by atoms with Crippen molar-refractivity contribution < 1.29 is 4.79 Å². The Morgan fingerprint density at radius 2 is 1.94 bits per heavy atom. The summed E-state index contributed by atoms with van der Waals surface area (Å²) in [5.41, 5.74) is 2.85. The Bertz CT molecular complexity index is 1200. The van der Waals surface area contributed by atoms with E-state index in [2.05, 4.69) is 50.4 Å². The number of hydrogen-bond donors (Lipinski definition) is 1. The molecule has 32 heavy (non-hydrogen) atoms. The fourth-order valence-corrected chi connectivity index (χ4v) is 5.77. The molecule has 3 heterocycles. The Labute approximate surface area is 204 Å². The SMILES string of the molecule is CCCc1cc(-c2nnc(SCC(=O)Nc3nc(-c4ccc(Cl)cc4)cs3)n2CC)cs1. The summed E-state index contributed by atoms with van der Waals surface area (Å²) in [4.78, 5) is 18.3. The van der Waals surface area contributed by atoms with Crippen LogP contribution in [0.3, 0.4) is 0 Å². The maximum Gasteiger partial charge on any atom is 0.236 e. The molecule has 0 atom stereocenters. The number of benzene rings is 1. The van der Waals surface area contributed by atoms with Gasteiger partial charge in [-0.1, -0.05) is 48.8 Å². The molecular formula is C22H22ClN5OS3. The summed E-state index contributed by atoms with van der Waals surface area (Å²) in [5, 5.41) is 17.6. The van der Waals surface area contributed by atoms with Crippen molar-refractivity contribution in [1.29, 1.82) is 0 Å². The minimum absolute atomic E-state index is 0.125. The normalized spacial score (nSPS) is 11.1. The van der Waals surface area contributed by atoms with E-state index in [1.54, 1.807) is 11.3 Å². The fraction of sp³-hybridized carbons (Fsp3) is 0.273. The largest absolute Gasteiger partial charge is 0.302 e. The molecule has 0 radical (unpaired) electrons. The predicted molar refractivity (Wildman–Crippen MR) is 135 cm³/mol. The maximum absolute atomic E-state index is 12.5. The lowest BCUT2D eigenvalue weighted by Crippen LogP contribution is -2.14. The van der Waals surface area contributed by atoms with E-state index in [1.807, 2.05) is 29.6 Å². The molecule has 6 nitrogen and oxygen atoms in total. The Morgan fingerprint density at radius 3 is 2.69 bits per heavy atom. The molecule has 0 aliphatic heterocycles. The average molecular weight is 504 g/mol. The van der Waals surface area contributed by atoms with Crippen LogP contribution in [-0.4, -0.2) is 31.4 Å². The van der Waals surface area contributed by atoms with Crippen LogP contribution in [0.2, 0.25) is 5.02 Å². The van der Waals surface area contributed by atoms with E-state index in [9.17, 15) is 4.79 Å². The van der Waals surface area contributed by atoms with Crippen LogP contribution in [0.4, 0.5) is 5.13 Å². The van der Waals surface area contributed by atoms with Crippen molar-refractivity contribution in [2.45, 2.75) is 38.4 Å². The summed E-state index contributed by atoms with van der Waals surface area (Å²) in [6.07, 6.45) is 2.19. The highest BCUT2D eigenvalue weighted by molar-refractivity contribution is 7.99. The number of anilines is 1. The van der Waals surface area contributed by atoms with Crippen molar-refractivity contribution >= 4 is 57.1 Å². The van der Waals surface area contributed by atoms with E-state index in [1.165, 1.54) is 28.0 Å². The summed E-state index contributed by atoms with van der Waals surface area (Å²) in [7, 11) is 0. The van der Waals surface area contributed by atoms with Crippen molar-refractivity contribution in [3.63, 3.8) is 0 Å². The number of carbonyl (C=O) groups is 1. The van der Waals surface area contributed by atoms with Gasteiger partial charge < -0.3 is 9.88 Å². The summed E-state index contributed by atoms with van der Waals surface area (Å²) in [6.45, 7) is 4.98. The summed E-state index contributed by atoms with van der Waals surface area (Å²) in [5.74, 6) is 0.958. The maximum atomic E-state index is 12.5. The van der Waals surface area contributed by atoms with E-state index in [4.69, 9.17) is 11.6 Å². The lowest BCUT2D eigenvalue weighted by molar-refractivity contribution is -0.113. The quantitative estimate of drug-likeness (QED) is 0.264. The zero-order valence-electron chi connectivity index (χ0n) is 17.7. The van der Waals surface area contributed by atoms with Gasteiger partial charge in [0.15, 0.2) is 16.1 Å². The Kier molecular flexibility index (Phi) is 7.62. The zero-order chi connectivity index (χ0) is 22.5. The van der Waals surface area contributed by atoms with Crippen molar-refractivity contribution in [1.82, 2.24) is 19.7 Å². The van der Waals surface area contributed by atoms with E-state index in [0.29, 0.717) is 10.2 Å². The zero-order valence-corrected chi connectivity index (χ0v) is 20.9. The van der Waals surface area contributed by atoms with Crippen LogP contribution < -0.4 is 5.32 Å². The third kappa shape index (κ3) is 5.40. The number of thioether (sulfide) groups is 1. The molecule has 1 amide bonds. The van der Waals surface area contributed by atoms with E-state index < -0.39 is 0 Å². The first kappa shape index (κ1) is 23.0. The number of carbonyl (C=O) groups excluding carboxylic acids is 1. The average Bonchev–Trinajstić information content (AvgIpc) is 3.52. The molecule has 4 aromatic rings. The molecule has 0 spiro atoms. The van der Waals surface area contributed by atoms with E-state index >= 15 is 0 Å². The number of aromatic nitrogens is 4. The molecule has 0 aliphatic carbocycles. The predicted octanol–water partition coefficient (Wildman–Crippen LogP) is 6.49. The van der Waals surface area contributed by atoms with Crippen LogP contribution in [0, 0.1) is 0 Å². The van der Waals surface area contributed by atoms with E-state index in [0.717, 1.165) is 47.2 Å². The van der Waals surface area contributed by atoms with Crippen molar-refractivity contribution in [2.75, 3.05) is 11.1 Å². The molecule has 0 bridgehead atoms. The summed E-state index contributed by atoms with van der Waals surface area (Å²) < 4.78 is 2.05. The first-order valence-corrected chi connectivity index (χ1v) is 13.3. The van der Waals surface area contributed by atoms with Gasteiger partial charge in [-0.15, -0.1) is 32.9 Å². The summed E-state index contributed by atoms with van der Waals surface area (Å²) >= 11 is 10.5. The number of hydrogen-bond acceptors (Lipinski definition) is 7. The highest BCUT2D eigenvalue weighted by Crippen LogP contribution is 2.29. The Morgan fingerprint density at radius 1 is 1.12 bits per heavy atom. The molecule has 3 aromatic heterocycles. The first-order valence-electron chi connectivity index (χ1n) is 10.2. The number of halogens is 1. The van der Waals surface area contributed by atoms with Crippen molar-refractivity contribution in [3.8, 4) is 22.6 Å². The number of rotatable bonds is 9. The van der Waals surface area contributed by atoms with Crippen LogP contribution in [0.1, 0.15) is 25.1 Å². The standard InChI is InChI=1S/C22H22ClN5OS3/c1-3-5-17-10-15(11-30-17)20-26-27-22(28(20)4-2)32-13-19(29)25-21-24-18(12-31-21)14-6-8-16(23)9-7-14/h6-12H,3-5,13H2,1-2H3,(H,24,25,29). The Balaban J connectivity index is 1.38. The molecule has 166 valence electrons. The van der Waals surface area contributed by atoms with Gasteiger partial charge in [-0.3, -0.25) is 4.79 Å². The van der Waals surface area contributed by atoms with Crippen LogP contribution in [-0.2, 0) is 17.8 Å². The van der Waals surface area contributed by atoms with Gasteiger partial charge in [0.2, 0.25) is 5.91 Å². The van der Waals surface area contributed by atoms with Gasteiger partial charge in [-0.25, -0.2) is 4.98 Å². The third-order valence-electron chi connectivity index (χ3n) is 4.66. The molecule has 0 saturated carbocycles. The third-order valence-corrected chi connectivity index (χ3v) is 7.64. The van der Waals surface area contributed by atoms with Crippen molar-refractivity contribution in [2.24, 2.45) is 0 Å². The van der Waals surface area contributed by atoms with Crippen molar-refractivity contribution in [3.05, 3.63) is 51.0 Å². The Hall–Kier alpha value is -2.20. The second-order valence-corrected chi connectivity index (χ2v) is 10.2. The van der Waals surface area contributed by atoms with Gasteiger partial charge >= 0.3 is 0 Å². The smallest absolute Gasteiger partial charge is 0.236 e. The van der Waals surface area contributed by atoms with Gasteiger partial charge in [0.25, 0.3) is 0 Å². The lowest BCUT2D eigenvalue weighted by atomic mass is 10.2. The molecule has 0 aliphatic rings. The minimum Gasteiger partial charge on any atom is -0.302 e. The molecule has 10 heteroatoms. The molecule has 0 saturated heterocycles. The van der Waals surface area contributed by atoms with Gasteiger partial charge in [-0.2, -0.15) is 0 Å². The van der Waals surface area contributed by atoms with Crippen LogP contribution in [0.15, 0.2) is 46.2 Å². The number of nitrogens with one attached hydrogen (secondary N) is 1. The number of nitrogens with zero attached hydrogens (tertiary/aromatic N) is 4. The van der Waals surface area contributed by atoms with Crippen LogP contribution in [0.5, 0.6) is 0 Å². The van der Waals surface area contributed by atoms with Gasteiger partial charge in [-0.05, 0) is 31.5 Å².